The number of carboxylic acid groups (broad SMARTS) is 1. The summed E-state index contributed by atoms with van der Waals surface area (Å²) >= 11 is 0. The van der Waals surface area contributed by atoms with Gasteiger partial charge in [0.15, 0.2) is 0 Å². The van der Waals surface area contributed by atoms with Crippen LogP contribution in [0.25, 0.3) is 22.2 Å². The van der Waals surface area contributed by atoms with E-state index >= 15 is 0 Å². The molecule has 0 fully saturated rings. The highest BCUT2D eigenvalue weighted by atomic mass is 16.4. The smallest absolute Gasteiger partial charge is 0.416 e. The quantitative estimate of drug-likeness (QED) is 0.727. The van der Waals surface area contributed by atoms with Crippen LogP contribution in [-0.2, 0) is 0 Å². The second kappa shape index (κ2) is 4.56. The number of nitrogens with zero attached hydrogens (tertiary/aromatic N) is 2. The first kappa shape index (κ1) is 12.0. The van der Waals surface area contributed by atoms with Crippen LogP contribution in [0.15, 0.2) is 54.6 Å². The van der Waals surface area contributed by atoms with E-state index in [-0.39, 0.29) is 0 Å². The maximum absolute atomic E-state index is 11.5. The lowest BCUT2D eigenvalue weighted by Crippen LogP contribution is -2.08. The average molecular weight is 262 g/mol. The molecule has 1 N–H and O–H groups in total. The SMILES string of the molecule is N#Cc1ccc2c(c1)cc(-c1ccccc1)n2C(=O)O. The first-order chi connectivity index (χ1) is 9.70. The van der Waals surface area contributed by atoms with Crippen LogP contribution < -0.4 is 0 Å². The summed E-state index contributed by atoms with van der Waals surface area (Å²) in [4.78, 5) is 11.5. The molecule has 1 heterocycles. The Morgan fingerprint density at radius 3 is 2.50 bits per heavy atom. The maximum atomic E-state index is 11.5. The molecule has 0 spiro atoms. The van der Waals surface area contributed by atoms with E-state index in [1.807, 2.05) is 30.3 Å². The van der Waals surface area contributed by atoms with Gasteiger partial charge >= 0.3 is 6.09 Å². The number of hydrogen-bond acceptors (Lipinski definition) is 2. The Morgan fingerprint density at radius 1 is 1.10 bits per heavy atom. The van der Waals surface area contributed by atoms with Gasteiger partial charge in [0.25, 0.3) is 0 Å². The molecular formula is C16H10N2O2. The van der Waals surface area contributed by atoms with Crippen molar-refractivity contribution in [1.82, 2.24) is 4.57 Å². The Bertz CT molecular complexity index is 842. The van der Waals surface area contributed by atoms with Crippen molar-refractivity contribution in [3.8, 4) is 17.3 Å². The summed E-state index contributed by atoms with van der Waals surface area (Å²) in [6.07, 6.45) is -1.04. The molecule has 0 aliphatic heterocycles. The number of benzene rings is 2. The minimum atomic E-state index is -1.04. The van der Waals surface area contributed by atoms with Gasteiger partial charge in [0.2, 0.25) is 0 Å². The van der Waals surface area contributed by atoms with Crippen LogP contribution in [0.3, 0.4) is 0 Å². The molecule has 3 rings (SSSR count). The van der Waals surface area contributed by atoms with Crippen molar-refractivity contribution in [3.63, 3.8) is 0 Å². The molecule has 96 valence electrons. The minimum absolute atomic E-state index is 0.514. The number of fused-ring (bicyclic) bond motifs is 1. The standard InChI is InChI=1S/C16H10N2O2/c17-10-11-6-7-14-13(8-11)9-15(18(14)16(19)20)12-4-2-1-3-5-12/h1-9H,(H,19,20). The predicted octanol–water partition coefficient (Wildman–Crippen LogP) is 3.71. The van der Waals surface area contributed by atoms with E-state index in [9.17, 15) is 9.90 Å². The lowest BCUT2D eigenvalue weighted by Gasteiger charge is -2.05. The fourth-order valence-electron chi connectivity index (χ4n) is 2.31. The molecule has 3 aromatic rings. The second-order valence-corrected chi connectivity index (χ2v) is 4.40. The second-order valence-electron chi connectivity index (χ2n) is 4.40. The molecule has 0 radical (unpaired) electrons. The van der Waals surface area contributed by atoms with Gasteiger partial charge in [0.05, 0.1) is 22.8 Å². The summed E-state index contributed by atoms with van der Waals surface area (Å²) in [5.41, 5.74) is 2.52. The van der Waals surface area contributed by atoms with Crippen LogP contribution in [0.1, 0.15) is 5.56 Å². The van der Waals surface area contributed by atoms with Crippen LogP contribution >= 0.6 is 0 Å². The van der Waals surface area contributed by atoms with Crippen LogP contribution in [0.4, 0.5) is 4.79 Å². The van der Waals surface area contributed by atoms with Gasteiger partial charge in [-0.05, 0) is 29.8 Å². The highest BCUT2D eigenvalue weighted by Crippen LogP contribution is 2.28. The zero-order valence-electron chi connectivity index (χ0n) is 10.4. The van der Waals surface area contributed by atoms with Gasteiger partial charge in [0, 0.05) is 5.39 Å². The molecule has 0 bridgehead atoms. The molecule has 0 saturated heterocycles. The zero-order chi connectivity index (χ0) is 14.1. The third-order valence-corrected chi connectivity index (χ3v) is 3.19. The zero-order valence-corrected chi connectivity index (χ0v) is 10.4. The molecule has 0 aliphatic rings. The summed E-state index contributed by atoms with van der Waals surface area (Å²) < 4.78 is 1.24. The van der Waals surface area contributed by atoms with Crippen molar-refractivity contribution in [2.24, 2.45) is 0 Å². The molecule has 0 amide bonds. The number of nitriles is 1. The third kappa shape index (κ3) is 1.82. The first-order valence-corrected chi connectivity index (χ1v) is 6.05. The Morgan fingerprint density at radius 2 is 1.85 bits per heavy atom. The van der Waals surface area contributed by atoms with Gasteiger partial charge in [-0.3, -0.25) is 0 Å². The Balaban J connectivity index is 2.35. The van der Waals surface area contributed by atoms with E-state index in [0.29, 0.717) is 16.8 Å². The number of rotatable bonds is 1. The average Bonchev–Trinajstić information content (AvgIpc) is 2.86. The number of aromatic nitrogens is 1. The van der Waals surface area contributed by atoms with Gasteiger partial charge in [-0.15, -0.1) is 0 Å². The van der Waals surface area contributed by atoms with Gasteiger partial charge in [-0.25, -0.2) is 9.36 Å². The third-order valence-electron chi connectivity index (χ3n) is 3.19. The summed E-state index contributed by atoms with van der Waals surface area (Å²) in [6.45, 7) is 0. The van der Waals surface area contributed by atoms with E-state index in [1.165, 1.54) is 4.57 Å². The van der Waals surface area contributed by atoms with Crippen LogP contribution in [0.5, 0.6) is 0 Å². The minimum Gasteiger partial charge on any atom is -0.464 e. The fraction of sp³-hybridized carbons (Fsp3) is 0. The molecule has 2 aromatic carbocycles. The molecule has 0 unspecified atom stereocenters. The van der Waals surface area contributed by atoms with Crippen LogP contribution in [0, 0.1) is 11.3 Å². The Hall–Kier alpha value is -3.06. The first-order valence-electron chi connectivity index (χ1n) is 6.05. The lowest BCUT2D eigenvalue weighted by molar-refractivity contribution is 0.198. The molecule has 4 nitrogen and oxygen atoms in total. The molecule has 4 heteroatoms. The van der Waals surface area contributed by atoms with Crippen LogP contribution in [-0.4, -0.2) is 15.8 Å². The summed E-state index contributed by atoms with van der Waals surface area (Å²) in [5, 5.41) is 19.1. The van der Waals surface area contributed by atoms with Crippen molar-refractivity contribution in [1.29, 1.82) is 5.26 Å². The molecular weight excluding hydrogens is 252 g/mol. The highest BCUT2D eigenvalue weighted by molar-refractivity contribution is 5.96. The van der Waals surface area contributed by atoms with Gasteiger partial charge in [0.1, 0.15) is 0 Å². The Labute approximate surface area is 115 Å². The summed E-state index contributed by atoms with van der Waals surface area (Å²) in [7, 11) is 0. The lowest BCUT2D eigenvalue weighted by atomic mass is 10.1. The Kier molecular flexibility index (Phi) is 2.73. The van der Waals surface area contributed by atoms with E-state index in [0.717, 1.165) is 10.9 Å². The number of hydrogen-bond donors (Lipinski definition) is 1. The van der Waals surface area contributed by atoms with Gasteiger partial charge in [-0.1, -0.05) is 30.3 Å². The fourth-order valence-corrected chi connectivity index (χ4v) is 2.31. The predicted molar refractivity (Wildman–Crippen MR) is 75.5 cm³/mol. The van der Waals surface area contributed by atoms with E-state index < -0.39 is 6.09 Å². The van der Waals surface area contributed by atoms with E-state index in [1.54, 1.807) is 24.3 Å². The normalized spacial score (nSPS) is 10.3. The largest absolute Gasteiger partial charge is 0.464 e. The topological polar surface area (TPSA) is 66.0 Å². The van der Waals surface area contributed by atoms with Crippen molar-refractivity contribution in [2.45, 2.75) is 0 Å². The summed E-state index contributed by atoms with van der Waals surface area (Å²) in [5.74, 6) is 0. The molecule has 1 aromatic heterocycles. The molecule has 20 heavy (non-hydrogen) atoms. The van der Waals surface area contributed by atoms with E-state index in [4.69, 9.17) is 5.26 Å². The maximum Gasteiger partial charge on any atom is 0.416 e. The van der Waals surface area contributed by atoms with Gasteiger partial charge < -0.3 is 5.11 Å². The van der Waals surface area contributed by atoms with Crippen molar-refractivity contribution < 1.29 is 9.90 Å². The van der Waals surface area contributed by atoms with Crippen molar-refractivity contribution in [3.05, 3.63) is 60.2 Å². The highest BCUT2D eigenvalue weighted by Gasteiger charge is 2.15. The molecule has 0 atom stereocenters. The summed E-state index contributed by atoms with van der Waals surface area (Å²) in [6, 6.07) is 18.2. The van der Waals surface area contributed by atoms with Gasteiger partial charge in [-0.2, -0.15) is 5.26 Å². The van der Waals surface area contributed by atoms with Crippen LogP contribution in [0.2, 0.25) is 0 Å². The van der Waals surface area contributed by atoms with Crippen molar-refractivity contribution in [2.75, 3.05) is 0 Å². The number of carbonyl (C=O) groups is 1. The van der Waals surface area contributed by atoms with Crippen molar-refractivity contribution >= 4 is 17.0 Å². The van der Waals surface area contributed by atoms with E-state index in [2.05, 4.69) is 6.07 Å². The molecule has 0 saturated carbocycles. The monoisotopic (exact) mass is 262 g/mol. The molecule has 0 aliphatic carbocycles.